The van der Waals surface area contributed by atoms with E-state index in [1.165, 1.54) is 49.6 Å². The van der Waals surface area contributed by atoms with Crippen LogP contribution < -0.4 is 0 Å². The van der Waals surface area contributed by atoms with E-state index in [4.69, 9.17) is 0 Å². The molecule has 2 rings (SSSR count). The van der Waals surface area contributed by atoms with Crippen LogP contribution in [0.2, 0.25) is 0 Å². The first-order valence-electron chi connectivity index (χ1n) is 7.29. The average molecular weight is 244 g/mol. The number of fused-ring (bicyclic) bond motifs is 1. The fraction of sp³-hybridized carbons (Fsp3) is 0.562. The van der Waals surface area contributed by atoms with Gasteiger partial charge in [-0.3, -0.25) is 0 Å². The number of aromatic nitrogens is 2. The Balaban J connectivity index is 2.22. The van der Waals surface area contributed by atoms with Gasteiger partial charge >= 0.3 is 0 Å². The molecule has 0 bridgehead atoms. The lowest BCUT2D eigenvalue weighted by Crippen LogP contribution is -1.99. The summed E-state index contributed by atoms with van der Waals surface area (Å²) >= 11 is 0. The lowest BCUT2D eigenvalue weighted by molar-refractivity contribution is 0.527. The van der Waals surface area contributed by atoms with Crippen molar-refractivity contribution < 1.29 is 0 Å². The first-order chi connectivity index (χ1) is 8.86. The predicted octanol–water partition coefficient (Wildman–Crippen LogP) is 4.80. The molecule has 0 aromatic carbocycles. The van der Waals surface area contributed by atoms with Crippen LogP contribution in [0.25, 0.3) is 5.52 Å². The van der Waals surface area contributed by atoms with Crippen molar-refractivity contribution in [3.63, 3.8) is 0 Å². The molecule has 0 saturated heterocycles. The molecule has 18 heavy (non-hydrogen) atoms. The van der Waals surface area contributed by atoms with Crippen LogP contribution in [0.3, 0.4) is 0 Å². The zero-order valence-corrected chi connectivity index (χ0v) is 11.6. The molecule has 0 saturated carbocycles. The third-order valence-corrected chi connectivity index (χ3v) is 3.71. The molecular formula is C16H24N2. The van der Waals surface area contributed by atoms with E-state index in [0.29, 0.717) is 5.92 Å². The fourth-order valence-electron chi connectivity index (χ4n) is 2.63. The summed E-state index contributed by atoms with van der Waals surface area (Å²) in [6, 6.07) is 6.33. The highest BCUT2D eigenvalue weighted by molar-refractivity contribution is 5.54. The largest absolute Gasteiger partial charge is 0.241 e. The molecule has 2 aromatic heterocycles. The molecule has 2 nitrogen and oxygen atoms in total. The summed E-state index contributed by atoms with van der Waals surface area (Å²) in [7, 11) is 0. The van der Waals surface area contributed by atoms with Gasteiger partial charge in [0.25, 0.3) is 0 Å². The molecule has 0 unspecified atom stereocenters. The highest BCUT2D eigenvalue weighted by Crippen LogP contribution is 2.30. The topological polar surface area (TPSA) is 17.3 Å². The Kier molecular flexibility index (Phi) is 4.80. The van der Waals surface area contributed by atoms with E-state index in [9.17, 15) is 0 Å². The van der Waals surface area contributed by atoms with Gasteiger partial charge in [-0.15, -0.1) is 0 Å². The van der Waals surface area contributed by atoms with Crippen LogP contribution in [0.1, 0.15) is 63.9 Å². The molecule has 0 spiro atoms. The van der Waals surface area contributed by atoms with E-state index in [1.807, 2.05) is 16.8 Å². The minimum atomic E-state index is 0.685. The number of hydrogen-bond donors (Lipinski definition) is 0. The van der Waals surface area contributed by atoms with E-state index in [2.05, 4.69) is 37.3 Å². The first-order valence-corrected chi connectivity index (χ1v) is 7.29. The molecule has 0 atom stereocenters. The minimum absolute atomic E-state index is 0.685. The predicted molar refractivity (Wildman–Crippen MR) is 77.0 cm³/mol. The Hall–Kier alpha value is -1.31. The molecule has 0 fully saturated rings. The van der Waals surface area contributed by atoms with Crippen LogP contribution >= 0.6 is 0 Å². The Morgan fingerprint density at radius 1 is 1.11 bits per heavy atom. The van der Waals surface area contributed by atoms with Gasteiger partial charge in [-0.05, 0) is 30.9 Å². The minimum Gasteiger partial charge on any atom is -0.241 e. The van der Waals surface area contributed by atoms with Gasteiger partial charge in [-0.1, -0.05) is 45.6 Å². The lowest BCUT2D eigenvalue weighted by Gasteiger charge is -2.15. The van der Waals surface area contributed by atoms with Gasteiger partial charge in [0.2, 0.25) is 0 Å². The van der Waals surface area contributed by atoms with E-state index < -0.39 is 0 Å². The second-order valence-electron chi connectivity index (χ2n) is 5.11. The monoisotopic (exact) mass is 244 g/mol. The molecule has 0 radical (unpaired) electrons. The van der Waals surface area contributed by atoms with Gasteiger partial charge in [-0.2, -0.15) is 5.10 Å². The van der Waals surface area contributed by atoms with E-state index >= 15 is 0 Å². The van der Waals surface area contributed by atoms with Crippen molar-refractivity contribution in [3.8, 4) is 0 Å². The maximum atomic E-state index is 4.47. The summed E-state index contributed by atoms with van der Waals surface area (Å²) in [4.78, 5) is 0. The molecule has 2 heterocycles. The van der Waals surface area contributed by atoms with Crippen molar-refractivity contribution in [2.75, 3.05) is 0 Å². The molecule has 0 aliphatic carbocycles. The van der Waals surface area contributed by atoms with Crippen LogP contribution in [0.4, 0.5) is 0 Å². The second-order valence-corrected chi connectivity index (χ2v) is 5.11. The summed E-state index contributed by atoms with van der Waals surface area (Å²) in [5.74, 6) is 0.685. The Bertz CT molecular complexity index is 465. The summed E-state index contributed by atoms with van der Waals surface area (Å²) in [6.07, 6.45) is 11.9. The van der Waals surface area contributed by atoms with Crippen molar-refractivity contribution in [2.45, 2.75) is 58.3 Å². The molecule has 0 amide bonds. The van der Waals surface area contributed by atoms with E-state index in [-0.39, 0.29) is 0 Å². The second kappa shape index (κ2) is 6.58. The van der Waals surface area contributed by atoms with E-state index in [1.54, 1.807) is 0 Å². The smallest absolute Gasteiger partial charge is 0.0696 e. The van der Waals surface area contributed by atoms with E-state index in [0.717, 1.165) is 0 Å². The van der Waals surface area contributed by atoms with Gasteiger partial charge in [-0.25, -0.2) is 4.52 Å². The lowest BCUT2D eigenvalue weighted by atomic mass is 9.90. The SMILES string of the molecule is CCCCC(CCCC)c1cnn2ccccc12. The van der Waals surface area contributed by atoms with Crippen LogP contribution in [-0.4, -0.2) is 9.61 Å². The normalized spacial score (nSPS) is 11.5. The summed E-state index contributed by atoms with van der Waals surface area (Å²) < 4.78 is 2.00. The van der Waals surface area contributed by atoms with Gasteiger partial charge in [0.1, 0.15) is 0 Å². The van der Waals surface area contributed by atoms with Gasteiger partial charge < -0.3 is 0 Å². The first kappa shape index (κ1) is 13.1. The zero-order chi connectivity index (χ0) is 12.8. The van der Waals surface area contributed by atoms with Crippen LogP contribution in [0, 0.1) is 0 Å². The van der Waals surface area contributed by atoms with Crippen LogP contribution in [0.5, 0.6) is 0 Å². The third kappa shape index (κ3) is 2.92. The molecule has 2 aromatic rings. The number of nitrogens with zero attached hydrogens (tertiary/aromatic N) is 2. The summed E-state index contributed by atoms with van der Waals surface area (Å²) in [6.45, 7) is 4.54. The standard InChI is InChI=1S/C16H24N2/c1-3-5-9-14(10-6-4-2)15-13-17-18-12-8-7-11-16(15)18/h7-8,11-14H,3-6,9-10H2,1-2H3. The number of hydrogen-bond acceptors (Lipinski definition) is 1. The van der Waals surface area contributed by atoms with Crippen molar-refractivity contribution in [2.24, 2.45) is 0 Å². The number of unbranched alkanes of at least 4 members (excludes halogenated alkanes) is 2. The number of rotatable bonds is 7. The Morgan fingerprint density at radius 2 is 1.83 bits per heavy atom. The average Bonchev–Trinajstić information content (AvgIpc) is 2.83. The highest BCUT2D eigenvalue weighted by Gasteiger charge is 2.15. The van der Waals surface area contributed by atoms with Crippen molar-refractivity contribution in [1.29, 1.82) is 0 Å². The maximum absolute atomic E-state index is 4.47. The quantitative estimate of drug-likeness (QED) is 0.684. The van der Waals surface area contributed by atoms with Crippen molar-refractivity contribution >= 4 is 5.52 Å². The Labute approximate surface area is 110 Å². The van der Waals surface area contributed by atoms with Crippen LogP contribution in [-0.2, 0) is 0 Å². The molecule has 98 valence electrons. The van der Waals surface area contributed by atoms with Gasteiger partial charge in [0, 0.05) is 11.8 Å². The molecule has 2 heteroatoms. The highest BCUT2D eigenvalue weighted by atomic mass is 15.2. The molecule has 0 aliphatic heterocycles. The Morgan fingerprint density at radius 3 is 2.50 bits per heavy atom. The van der Waals surface area contributed by atoms with Gasteiger partial charge in [0.15, 0.2) is 0 Å². The summed E-state index contributed by atoms with van der Waals surface area (Å²) in [5.41, 5.74) is 2.73. The molecule has 0 N–H and O–H groups in total. The van der Waals surface area contributed by atoms with Gasteiger partial charge in [0.05, 0.1) is 11.7 Å². The summed E-state index contributed by atoms with van der Waals surface area (Å²) in [5, 5.41) is 4.47. The van der Waals surface area contributed by atoms with Crippen molar-refractivity contribution in [3.05, 3.63) is 36.2 Å². The molecular weight excluding hydrogens is 220 g/mol. The number of pyridine rings is 1. The third-order valence-electron chi connectivity index (χ3n) is 3.71. The fourth-order valence-corrected chi connectivity index (χ4v) is 2.63. The van der Waals surface area contributed by atoms with Crippen LogP contribution in [0.15, 0.2) is 30.6 Å². The maximum Gasteiger partial charge on any atom is 0.0696 e. The molecule has 0 aliphatic rings. The van der Waals surface area contributed by atoms with Crippen molar-refractivity contribution in [1.82, 2.24) is 9.61 Å². The zero-order valence-electron chi connectivity index (χ0n) is 11.6.